The van der Waals surface area contributed by atoms with Gasteiger partial charge in [0, 0.05) is 0 Å². The summed E-state index contributed by atoms with van der Waals surface area (Å²) in [5, 5.41) is 8.93. The van der Waals surface area contributed by atoms with E-state index in [1.165, 1.54) is 28.6 Å². The second-order valence-electron chi connectivity index (χ2n) is 5.97. The van der Waals surface area contributed by atoms with Crippen LogP contribution in [0.25, 0.3) is 0 Å². The standard InChI is InChI=1S/C21H18N2O2S/c1-17-7-9-19(10-8-17)16-23(20-5-3-2-4-6-20)26(24,25)21-13-11-18(15-22)12-14-21/h2-14H,16H2,1H3. The minimum atomic E-state index is -3.76. The fourth-order valence-electron chi connectivity index (χ4n) is 2.60. The van der Waals surface area contributed by atoms with Crippen molar-refractivity contribution < 1.29 is 8.42 Å². The number of para-hydroxylation sites is 1. The lowest BCUT2D eigenvalue weighted by atomic mass is 10.1. The molecule has 0 amide bonds. The monoisotopic (exact) mass is 362 g/mol. The molecule has 130 valence electrons. The number of aryl methyl sites for hydroxylation is 1. The topological polar surface area (TPSA) is 61.2 Å². The van der Waals surface area contributed by atoms with Gasteiger partial charge in [0.25, 0.3) is 10.0 Å². The van der Waals surface area contributed by atoms with Gasteiger partial charge >= 0.3 is 0 Å². The van der Waals surface area contributed by atoms with Crippen LogP contribution >= 0.6 is 0 Å². The third-order valence-corrected chi connectivity index (χ3v) is 5.85. The van der Waals surface area contributed by atoms with Gasteiger partial charge in [-0.1, -0.05) is 48.0 Å². The van der Waals surface area contributed by atoms with Gasteiger partial charge in [0.2, 0.25) is 0 Å². The van der Waals surface area contributed by atoms with Gasteiger partial charge in [-0.2, -0.15) is 5.26 Å². The van der Waals surface area contributed by atoms with Crippen molar-refractivity contribution in [1.29, 1.82) is 5.26 Å². The molecule has 3 aromatic rings. The van der Waals surface area contributed by atoms with Crippen LogP contribution in [-0.4, -0.2) is 8.42 Å². The van der Waals surface area contributed by atoms with E-state index in [2.05, 4.69) is 0 Å². The van der Waals surface area contributed by atoms with Gasteiger partial charge in [-0.25, -0.2) is 8.42 Å². The molecule has 26 heavy (non-hydrogen) atoms. The molecule has 0 saturated carbocycles. The third-order valence-electron chi connectivity index (χ3n) is 4.06. The van der Waals surface area contributed by atoms with E-state index >= 15 is 0 Å². The van der Waals surface area contributed by atoms with Crippen LogP contribution in [0.5, 0.6) is 0 Å². The Balaban J connectivity index is 2.04. The molecule has 4 nitrogen and oxygen atoms in total. The minimum absolute atomic E-state index is 0.160. The second kappa shape index (κ2) is 7.42. The van der Waals surface area contributed by atoms with Gasteiger partial charge in [-0.3, -0.25) is 4.31 Å². The van der Waals surface area contributed by atoms with Gasteiger partial charge in [-0.15, -0.1) is 0 Å². The normalized spacial score (nSPS) is 10.9. The summed E-state index contributed by atoms with van der Waals surface area (Å²) in [6, 6.07) is 24.8. The van der Waals surface area contributed by atoms with Crippen molar-refractivity contribution in [2.24, 2.45) is 0 Å². The van der Waals surface area contributed by atoms with Crippen LogP contribution < -0.4 is 4.31 Å². The van der Waals surface area contributed by atoms with Crippen LogP contribution in [0.4, 0.5) is 5.69 Å². The largest absolute Gasteiger partial charge is 0.264 e. The molecular formula is C21H18N2O2S. The molecule has 0 heterocycles. The third kappa shape index (κ3) is 3.76. The van der Waals surface area contributed by atoms with Crippen molar-refractivity contribution in [3.63, 3.8) is 0 Å². The Morgan fingerprint density at radius 3 is 2.08 bits per heavy atom. The van der Waals surface area contributed by atoms with Crippen LogP contribution in [0.1, 0.15) is 16.7 Å². The van der Waals surface area contributed by atoms with Crippen LogP contribution in [0.15, 0.2) is 83.8 Å². The van der Waals surface area contributed by atoms with E-state index < -0.39 is 10.0 Å². The van der Waals surface area contributed by atoms with Crippen molar-refractivity contribution in [2.45, 2.75) is 18.4 Å². The van der Waals surface area contributed by atoms with Gasteiger partial charge in [-0.05, 0) is 48.9 Å². The summed E-state index contributed by atoms with van der Waals surface area (Å²) in [4.78, 5) is 0.160. The van der Waals surface area contributed by atoms with Gasteiger partial charge in [0.15, 0.2) is 0 Å². The smallest absolute Gasteiger partial charge is 0.262 e. The minimum Gasteiger partial charge on any atom is -0.262 e. The van der Waals surface area contributed by atoms with Crippen molar-refractivity contribution >= 4 is 15.7 Å². The molecule has 0 radical (unpaired) electrons. The average Bonchev–Trinajstić information content (AvgIpc) is 2.68. The van der Waals surface area contributed by atoms with Crippen molar-refractivity contribution in [1.82, 2.24) is 0 Å². The zero-order chi connectivity index (χ0) is 18.6. The van der Waals surface area contributed by atoms with Gasteiger partial charge in [0.1, 0.15) is 0 Å². The molecule has 0 atom stereocenters. The molecule has 5 heteroatoms. The summed E-state index contributed by atoms with van der Waals surface area (Å²) in [7, 11) is -3.76. The predicted molar refractivity (Wildman–Crippen MR) is 102 cm³/mol. The lowest BCUT2D eigenvalue weighted by molar-refractivity contribution is 0.590. The molecule has 0 aromatic heterocycles. The molecule has 0 saturated heterocycles. The highest BCUT2D eigenvalue weighted by Crippen LogP contribution is 2.26. The Bertz CT molecular complexity index is 1020. The Hall–Kier alpha value is -3.10. The van der Waals surface area contributed by atoms with Gasteiger partial charge in [0.05, 0.1) is 28.8 Å². The number of rotatable bonds is 5. The number of benzene rings is 3. The molecule has 0 N–H and O–H groups in total. The maximum atomic E-state index is 13.2. The quantitative estimate of drug-likeness (QED) is 0.681. The Morgan fingerprint density at radius 2 is 1.50 bits per heavy atom. The summed E-state index contributed by atoms with van der Waals surface area (Å²) in [5.74, 6) is 0. The Kier molecular flexibility index (Phi) is 5.06. The molecule has 0 bridgehead atoms. The highest BCUT2D eigenvalue weighted by molar-refractivity contribution is 7.92. The number of hydrogen-bond donors (Lipinski definition) is 0. The zero-order valence-corrected chi connectivity index (χ0v) is 15.1. The maximum absolute atomic E-state index is 13.2. The van der Waals surface area contributed by atoms with E-state index in [0.29, 0.717) is 11.3 Å². The van der Waals surface area contributed by atoms with Crippen molar-refractivity contribution in [2.75, 3.05) is 4.31 Å². The predicted octanol–water partition coefficient (Wildman–Crippen LogP) is 4.26. The first-order valence-electron chi connectivity index (χ1n) is 8.14. The number of hydrogen-bond acceptors (Lipinski definition) is 3. The summed E-state index contributed by atoms with van der Waals surface area (Å²) >= 11 is 0. The van der Waals surface area contributed by atoms with Crippen molar-refractivity contribution in [3.8, 4) is 6.07 Å². The highest BCUT2D eigenvalue weighted by Gasteiger charge is 2.25. The van der Waals surface area contributed by atoms with E-state index in [-0.39, 0.29) is 11.4 Å². The first-order chi connectivity index (χ1) is 12.5. The van der Waals surface area contributed by atoms with Crippen molar-refractivity contribution in [3.05, 3.63) is 95.6 Å². The molecular weight excluding hydrogens is 344 g/mol. The zero-order valence-electron chi connectivity index (χ0n) is 14.3. The lowest BCUT2D eigenvalue weighted by Gasteiger charge is -2.25. The van der Waals surface area contributed by atoms with Crippen LogP contribution in [0.2, 0.25) is 0 Å². The molecule has 3 aromatic carbocycles. The van der Waals surface area contributed by atoms with E-state index in [1.807, 2.05) is 55.5 Å². The van der Waals surface area contributed by atoms with E-state index in [1.54, 1.807) is 12.1 Å². The number of anilines is 1. The average molecular weight is 362 g/mol. The molecule has 0 unspecified atom stereocenters. The Labute approximate surface area is 154 Å². The van der Waals surface area contributed by atoms with Crippen LogP contribution in [-0.2, 0) is 16.6 Å². The highest BCUT2D eigenvalue weighted by atomic mass is 32.2. The lowest BCUT2D eigenvalue weighted by Crippen LogP contribution is -2.30. The number of sulfonamides is 1. The summed E-state index contributed by atoms with van der Waals surface area (Å²) < 4.78 is 27.9. The molecule has 0 aliphatic carbocycles. The van der Waals surface area contributed by atoms with Gasteiger partial charge < -0.3 is 0 Å². The molecule has 0 fully saturated rings. The summed E-state index contributed by atoms with van der Waals surface area (Å²) in [5.41, 5.74) is 3.04. The summed E-state index contributed by atoms with van der Waals surface area (Å²) in [6.07, 6.45) is 0. The molecule has 0 spiro atoms. The van der Waals surface area contributed by atoms with Crippen LogP contribution in [0.3, 0.4) is 0 Å². The first kappa shape index (κ1) is 17.7. The Morgan fingerprint density at radius 1 is 0.885 bits per heavy atom. The van der Waals surface area contributed by atoms with E-state index in [4.69, 9.17) is 5.26 Å². The fourth-order valence-corrected chi connectivity index (χ4v) is 4.05. The van der Waals surface area contributed by atoms with E-state index in [9.17, 15) is 8.42 Å². The second-order valence-corrected chi connectivity index (χ2v) is 7.83. The maximum Gasteiger partial charge on any atom is 0.264 e. The first-order valence-corrected chi connectivity index (χ1v) is 9.58. The molecule has 0 aliphatic heterocycles. The molecule has 3 rings (SSSR count). The van der Waals surface area contributed by atoms with Crippen LogP contribution in [0, 0.1) is 18.3 Å². The number of nitrogens with zero attached hydrogens (tertiary/aromatic N) is 2. The SMILES string of the molecule is Cc1ccc(CN(c2ccccc2)S(=O)(=O)c2ccc(C#N)cc2)cc1. The summed E-state index contributed by atoms with van der Waals surface area (Å²) in [6.45, 7) is 2.22. The molecule has 0 aliphatic rings. The van der Waals surface area contributed by atoms with E-state index in [0.717, 1.165) is 11.1 Å². The fraction of sp³-hybridized carbons (Fsp3) is 0.0952. The number of nitriles is 1.